The Bertz CT molecular complexity index is 596. The van der Waals surface area contributed by atoms with Crippen molar-refractivity contribution < 1.29 is 19.1 Å². The van der Waals surface area contributed by atoms with Crippen molar-refractivity contribution in [2.75, 3.05) is 14.2 Å². The molecule has 2 aliphatic rings. The fraction of sp³-hybridized carbons (Fsp3) is 0.579. The van der Waals surface area contributed by atoms with Crippen molar-refractivity contribution >= 4 is 23.5 Å². The first kappa shape index (κ1) is 17.3. The van der Waals surface area contributed by atoms with Gasteiger partial charge in [0.25, 0.3) is 0 Å². The molecule has 0 spiro atoms. The zero-order valence-electron chi connectivity index (χ0n) is 14.0. The van der Waals surface area contributed by atoms with Crippen LogP contribution >= 0.6 is 11.6 Å². The summed E-state index contributed by atoms with van der Waals surface area (Å²) in [5.74, 6) is -0.355. The second kappa shape index (κ2) is 7.14. The molecule has 1 aromatic carbocycles. The number of methoxy groups -OCH3 is 2. The fourth-order valence-electron chi connectivity index (χ4n) is 4.88. The van der Waals surface area contributed by atoms with Crippen LogP contribution in [0.5, 0.6) is 0 Å². The minimum Gasteiger partial charge on any atom is -0.468 e. The van der Waals surface area contributed by atoms with E-state index < -0.39 is 17.9 Å². The summed E-state index contributed by atoms with van der Waals surface area (Å²) in [4.78, 5) is 24.3. The number of hydrogen-bond donors (Lipinski definition) is 0. The summed E-state index contributed by atoms with van der Waals surface area (Å²) < 4.78 is 9.73. The van der Waals surface area contributed by atoms with Gasteiger partial charge in [-0.25, -0.2) is 0 Å². The minimum absolute atomic E-state index is 0.0206. The zero-order valence-corrected chi connectivity index (χ0v) is 14.8. The number of hydrogen-bond acceptors (Lipinski definition) is 4. The monoisotopic (exact) mass is 350 g/mol. The number of ether oxygens (including phenoxy) is 2. The first-order valence-electron chi connectivity index (χ1n) is 8.48. The molecule has 5 heteroatoms. The van der Waals surface area contributed by atoms with E-state index in [4.69, 9.17) is 21.1 Å². The first-order valence-corrected chi connectivity index (χ1v) is 8.85. The first-order chi connectivity index (χ1) is 11.6. The van der Waals surface area contributed by atoms with Crippen LogP contribution in [0.25, 0.3) is 0 Å². The van der Waals surface area contributed by atoms with E-state index in [2.05, 4.69) is 12.1 Å². The van der Waals surface area contributed by atoms with Crippen LogP contribution in [0.15, 0.2) is 24.3 Å². The molecule has 0 heterocycles. The third-order valence-corrected chi connectivity index (χ3v) is 6.15. The Hall–Kier alpha value is -1.55. The second-order valence-electron chi connectivity index (χ2n) is 6.83. The lowest BCUT2D eigenvalue weighted by Gasteiger charge is -2.25. The van der Waals surface area contributed by atoms with Gasteiger partial charge in [-0.15, -0.1) is 0 Å². The summed E-state index contributed by atoms with van der Waals surface area (Å²) in [6, 6.07) is 8.06. The largest absolute Gasteiger partial charge is 0.468 e. The van der Waals surface area contributed by atoms with Crippen molar-refractivity contribution in [1.29, 1.82) is 0 Å². The van der Waals surface area contributed by atoms with Gasteiger partial charge in [-0.05, 0) is 67.1 Å². The van der Waals surface area contributed by atoms with Gasteiger partial charge in [0.15, 0.2) is 5.92 Å². The smallest absolute Gasteiger partial charge is 0.320 e. The van der Waals surface area contributed by atoms with E-state index >= 15 is 0 Å². The molecule has 0 bridgehead atoms. The summed E-state index contributed by atoms with van der Waals surface area (Å²) in [5.41, 5.74) is 1.31. The number of halogens is 1. The molecule has 0 unspecified atom stereocenters. The maximum absolute atomic E-state index is 12.1. The molecule has 0 aliphatic heterocycles. The van der Waals surface area contributed by atoms with Crippen LogP contribution in [-0.4, -0.2) is 26.2 Å². The lowest BCUT2D eigenvalue weighted by molar-refractivity contribution is -0.162. The maximum Gasteiger partial charge on any atom is 0.320 e. The summed E-state index contributed by atoms with van der Waals surface area (Å²) in [5, 5.41) is 0.744. The third-order valence-electron chi connectivity index (χ3n) is 5.90. The molecule has 0 radical (unpaired) electrons. The standard InChI is InChI=1S/C19H23ClO4/c1-23-18(21)17(19(22)24-2)16-10-9-14-13(7-8-15(14)16)11-3-5-12(20)6-4-11/h3-6,13-17H,7-10H2,1-2H3/t13-,14-,15+,16-/m1/s1. The van der Waals surface area contributed by atoms with E-state index in [1.807, 2.05) is 12.1 Å². The minimum atomic E-state index is -0.793. The highest BCUT2D eigenvalue weighted by molar-refractivity contribution is 6.30. The molecule has 2 fully saturated rings. The third kappa shape index (κ3) is 3.04. The van der Waals surface area contributed by atoms with E-state index in [1.165, 1.54) is 19.8 Å². The highest BCUT2D eigenvalue weighted by atomic mass is 35.5. The van der Waals surface area contributed by atoms with Crippen LogP contribution in [0.3, 0.4) is 0 Å². The molecule has 0 saturated heterocycles. The molecule has 0 aromatic heterocycles. The van der Waals surface area contributed by atoms with Crippen LogP contribution in [0.2, 0.25) is 5.02 Å². The molecule has 0 amide bonds. The van der Waals surface area contributed by atoms with Crippen molar-refractivity contribution in [2.45, 2.75) is 31.6 Å². The van der Waals surface area contributed by atoms with E-state index in [0.717, 1.165) is 30.7 Å². The summed E-state index contributed by atoms with van der Waals surface area (Å²) in [6.45, 7) is 0. The summed E-state index contributed by atoms with van der Waals surface area (Å²) >= 11 is 5.99. The van der Waals surface area contributed by atoms with Gasteiger partial charge < -0.3 is 9.47 Å². The average Bonchev–Trinajstić information content (AvgIpc) is 3.18. The van der Waals surface area contributed by atoms with Gasteiger partial charge in [-0.2, -0.15) is 0 Å². The van der Waals surface area contributed by atoms with Gasteiger partial charge in [0.05, 0.1) is 14.2 Å². The molecular weight excluding hydrogens is 328 g/mol. The SMILES string of the molecule is COC(=O)C(C(=O)OC)[C@@H]1CC[C@H]2[C@@H]1CC[C@@H]2c1ccc(Cl)cc1. The van der Waals surface area contributed by atoms with Crippen LogP contribution in [0, 0.1) is 23.7 Å². The lowest BCUT2D eigenvalue weighted by atomic mass is 9.80. The Morgan fingerprint density at radius 1 is 0.958 bits per heavy atom. The predicted molar refractivity (Wildman–Crippen MR) is 90.7 cm³/mol. The van der Waals surface area contributed by atoms with E-state index in [9.17, 15) is 9.59 Å². The normalized spacial score (nSPS) is 28.7. The Morgan fingerprint density at radius 3 is 2.12 bits per heavy atom. The number of esters is 2. The van der Waals surface area contributed by atoms with Crippen molar-refractivity contribution in [3.8, 4) is 0 Å². The molecule has 4 nitrogen and oxygen atoms in total. The molecule has 4 atom stereocenters. The molecule has 3 rings (SSSR count). The van der Waals surface area contributed by atoms with Gasteiger partial charge in [-0.1, -0.05) is 23.7 Å². The summed E-state index contributed by atoms with van der Waals surface area (Å²) in [6.07, 6.45) is 4.02. The number of benzene rings is 1. The van der Waals surface area contributed by atoms with Gasteiger partial charge in [0.1, 0.15) is 0 Å². The molecule has 1 aromatic rings. The number of carbonyl (C=O) groups is 2. The number of carbonyl (C=O) groups excluding carboxylic acids is 2. The molecule has 2 aliphatic carbocycles. The quantitative estimate of drug-likeness (QED) is 0.612. The molecular formula is C19H23ClO4. The van der Waals surface area contributed by atoms with Crippen molar-refractivity contribution in [3.05, 3.63) is 34.9 Å². The van der Waals surface area contributed by atoms with Crippen molar-refractivity contribution in [3.63, 3.8) is 0 Å². The van der Waals surface area contributed by atoms with Gasteiger partial charge in [0, 0.05) is 5.02 Å². The fourth-order valence-corrected chi connectivity index (χ4v) is 5.01. The molecule has 24 heavy (non-hydrogen) atoms. The second-order valence-corrected chi connectivity index (χ2v) is 7.26. The summed E-state index contributed by atoms with van der Waals surface area (Å²) in [7, 11) is 2.66. The van der Waals surface area contributed by atoms with Crippen LogP contribution in [0.1, 0.15) is 37.2 Å². The topological polar surface area (TPSA) is 52.6 Å². The van der Waals surface area contributed by atoms with Crippen LogP contribution in [-0.2, 0) is 19.1 Å². The Morgan fingerprint density at radius 2 is 1.54 bits per heavy atom. The van der Waals surface area contributed by atoms with E-state index in [-0.39, 0.29) is 5.92 Å². The van der Waals surface area contributed by atoms with Crippen LogP contribution < -0.4 is 0 Å². The van der Waals surface area contributed by atoms with Gasteiger partial charge >= 0.3 is 11.9 Å². The highest BCUT2D eigenvalue weighted by Crippen LogP contribution is 2.56. The molecule has 2 saturated carbocycles. The Labute approximate surface area is 147 Å². The zero-order chi connectivity index (χ0) is 17.3. The predicted octanol–water partition coefficient (Wildman–Crippen LogP) is 3.82. The highest BCUT2D eigenvalue weighted by Gasteiger charge is 2.51. The molecule has 0 N–H and O–H groups in total. The average molecular weight is 351 g/mol. The number of rotatable bonds is 4. The molecule has 130 valence electrons. The van der Waals surface area contributed by atoms with E-state index in [1.54, 1.807) is 0 Å². The number of fused-ring (bicyclic) bond motifs is 1. The Kier molecular flexibility index (Phi) is 5.14. The van der Waals surface area contributed by atoms with Crippen molar-refractivity contribution in [2.24, 2.45) is 23.7 Å². The lowest BCUT2D eigenvalue weighted by Crippen LogP contribution is -2.35. The van der Waals surface area contributed by atoms with Crippen LogP contribution in [0.4, 0.5) is 0 Å². The Balaban J connectivity index is 1.80. The van der Waals surface area contributed by atoms with Gasteiger partial charge in [-0.3, -0.25) is 9.59 Å². The van der Waals surface area contributed by atoms with Gasteiger partial charge in [0.2, 0.25) is 0 Å². The van der Waals surface area contributed by atoms with Crippen molar-refractivity contribution in [1.82, 2.24) is 0 Å². The van der Waals surface area contributed by atoms with E-state index in [0.29, 0.717) is 17.8 Å². The maximum atomic E-state index is 12.1.